The Kier molecular flexibility index (Phi) is 5.23. The van der Waals surface area contributed by atoms with Gasteiger partial charge in [-0.15, -0.1) is 0 Å². The first kappa shape index (κ1) is 16.7. The van der Waals surface area contributed by atoms with Crippen molar-refractivity contribution in [1.82, 2.24) is 10.2 Å². The number of nitriles is 1. The SMILES string of the molecule is N#CC1(C(=O)NCC2(CN3CCOCC3)CCCCC2)CCC1. The quantitative estimate of drug-likeness (QED) is 0.842. The first-order valence-electron chi connectivity index (χ1n) is 9.18. The van der Waals surface area contributed by atoms with E-state index in [4.69, 9.17) is 4.74 Å². The van der Waals surface area contributed by atoms with Crippen molar-refractivity contribution in [3.8, 4) is 6.07 Å². The molecule has 0 spiro atoms. The Morgan fingerprint density at radius 3 is 2.35 bits per heavy atom. The third kappa shape index (κ3) is 3.70. The Hall–Kier alpha value is -1.12. The zero-order valence-corrected chi connectivity index (χ0v) is 14.1. The first-order valence-corrected chi connectivity index (χ1v) is 9.18. The van der Waals surface area contributed by atoms with Crippen molar-refractivity contribution in [2.45, 2.75) is 51.4 Å². The third-order valence-corrected chi connectivity index (χ3v) is 6.06. The van der Waals surface area contributed by atoms with E-state index in [1.165, 1.54) is 32.1 Å². The molecule has 128 valence electrons. The summed E-state index contributed by atoms with van der Waals surface area (Å²) in [6.45, 7) is 5.42. The molecule has 0 atom stereocenters. The number of hydrogen-bond donors (Lipinski definition) is 1. The highest BCUT2D eigenvalue weighted by atomic mass is 16.5. The second-order valence-corrected chi connectivity index (χ2v) is 7.68. The molecule has 0 bridgehead atoms. The van der Waals surface area contributed by atoms with Crippen LogP contribution < -0.4 is 5.32 Å². The number of ether oxygens (including phenoxy) is 1. The Bertz CT molecular complexity index is 455. The molecule has 23 heavy (non-hydrogen) atoms. The van der Waals surface area contributed by atoms with E-state index in [2.05, 4.69) is 16.3 Å². The molecule has 2 aliphatic carbocycles. The van der Waals surface area contributed by atoms with Crippen molar-refractivity contribution >= 4 is 5.91 Å². The highest BCUT2D eigenvalue weighted by molar-refractivity contribution is 5.86. The summed E-state index contributed by atoms with van der Waals surface area (Å²) < 4.78 is 5.45. The molecule has 0 aromatic rings. The van der Waals surface area contributed by atoms with Gasteiger partial charge in [-0.1, -0.05) is 19.3 Å². The molecule has 5 heteroatoms. The average molecular weight is 319 g/mol. The van der Waals surface area contributed by atoms with Gasteiger partial charge in [-0.25, -0.2) is 0 Å². The molecule has 0 aromatic heterocycles. The largest absolute Gasteiger partial charge is 0.379 e. The van der Waals surface area contributed by atoms with Crippen LogP contribution in [-0.2, 0) is 9.53 Å². The fourth-order valence-corrected chi connectivity index (χ4v) is 4.28. The second kappa shape index (κ2) is 7.19. The monoisotopic (exact) mass is 319 g/mol. The minimum atomic E-state index is -0.727. The summed E-state index contributed by atoms with van der Waals surface area (Å²) in [5, 5.41) is 12.5. The smallest absolute Gasteiger partial charge is 0.240 e. The summed E-state index contributed by atoms with van der Waals surface area (Å²) >= 11 is 0. The van der Waals surface area contributed by atoms with Crippen LogP contribution in [0.1, 0.15) is 51.4 Å². The number of carbonyl (C=O) groups excluding carboxylic acids is 1. The number of amides is 1. The van der Waals surface area contributed by atoms with Gasteiger partial charge in [0.1, 0.15) is 5.41 Å². The van der Waals surface area contributed by atoms with Gasteiger partial charge in [-0.3, -0.25) is 9.69 Å². The van der Waals surface area contributed by atoms with E-state index < -0.39 is 5.41 Å². The predicted molar refractivity (Wildman–Crippen MR) is 87.7 cm³/mol. The Labute approximate surface area is 139 Å². The van der Waals surface area contributed by atoms with E-state index in [0.29, 0.717) is 0 Å². The van der Waals surface area contributed by atoms with Gasteiger partial charge in [0.15, 0.2) is 0 Å². The minimum Gasteiger partial charge on any atom is -0.379 e. The Morgan fingerprint density at radius 2 is 1.78 bits per heavy atom. The number of morpholine rings is 1. The molecule has 3 rings (SSSR count). The topological polar surface area (TPSA) is 65.4 Å². The van der Waals surface area contributed by atoms with E-state index in [9.17, 15) is 10.1 Å². The van der Waals surface area contributed by atoms with Crippen LogP contribution in [0.3, 0.4) is 0 Å². The maximum atomic E-state index is 12.5. The van der Waals surface area contributed by atoms with Gasteiger partial charge in [0.25, 0.3) is 0 Å². The molecule has 3 fully saturated rings. The molecule has 1 aliphatic heterocycles. The van der Waals surface area contributed by atoms with Crippen LogP contribution in [0.5, 0.6) is 0 Å². The van der Waals surface area contributed by atoms with Gasteiger partial charge >= 0.3 is 0 Å². The van der Waals surface area contributed by atoms with Crippen molar-refractivity contribution in [3.63, 3.8) is 0 Å². The van der Waals surface area contributed by atoms with E-state index in [1.807, 2.05) is 0 Å². The van der Waals surface area contributed by atoms with Crippen LogP contribution >= 0.6 is 0 Å². The molecule has 2 saturated carbocycles. The molecular weight excluding hydrogens is 290 g/mol. The molecule has 1 amide bonds. The standard InChI is InChI=1S/C18H29N3O2/c19-13-18(7-4-8-18)16(22)20-14-17(5-2-1-3-6-17)15-21-9-11-23-12-10-21/h1-12,14-15H2,(H,20,22). The molecule has 3 aliphatic rings. The van der Waals surface area contributed by atoms with E-state index in [0.717, 1.165) is 58.7 Å². The molecule has 1 N–H and O–H groups in total. The number of rotatable bonds is 5. The van der Waals surface area contributed by atoms with Crippen molar-refractivity contribution in [2.24, 2.45) is 10.8 Å². The lowest BCUT2D eigenvalue weighted by atomic mass is 9.68. The van der Waals surface area contributed by atoms with Crippen LogP contribution in [0.4, 0.5) is 0 Å². The highest BCUT2D eigenvalue weighted by Gasteiger charge is 2.45. The summed E-state index contributed by atoms with van der Waals surface area (Å²) in [4.78, 5) is 15.0. The van der Waals surface area contributed by atoms with Gasteiger partial charge in [0.2, 0.25) is 5.91 Å². The zero-order chi connectivity index (χ0) is 16.2. The van der Waals surface area contributed by atoms with Crippen molar-refractivity contribution < 1.29 is 9.53 Å². The average Bonchev–Trinajstić information content (AvgIpc) is 2.54. The minimum absolute atomic E-state index is 0.0295. The van der Waals surface area contributed by atoms with Crippen LogP contribution in [0.2, 0.25) is 0 Å². The first-order chi connectivity index (χ1) is 11.2. The maximum Gasteiger partial charge on any atom is 0.240 e. The third-order valence-electron chi connectivity index (χ3n) is 6.06. The van der Waals surface area contributed by atoms with Crippen LogP contribution in [0.25, 0.3) is 0 Å². The molecule has 0 aromatic carbocycles. The van der Waals surface area contributed by atoms with Gasteiger partial charge < -0.3 is 10.1 Å². The number of carbonyl (C=O) groups is 1. The molecule has 1 saturated heterocycles. The zero-order valence-electron chi connectivity index (χ0n) is 14.1. The normalized spacial score (nSPS) is 26.7. The number of nitrogens with zero attached hydrogens (tertiary/aromatic N) is 2. The van der Waals surface area contributed by atoms with Gasteiger partial charge in [0, 0.05) is 31.6 Å². The molecule has 0 unspecified atom stereocenters. The lowest BCUT2D eigenvalue weighted by molar-refractivity contribution is -0.132. The summed E-state index contributed by atoms with van der Waals surface area (Å²) in [6.07, 6.45) is 8.64. The van der Waals surface area contributed by atoms with Crippen molar-refractivity contribution in [1.29, 1.82) is 5.26 Å². The predicted octanol–water partition coefficient (Wildman–Crippen LogP) is 2.08. The number of nitrogens with one attached hydrogen (secondary N) is 1. The fraction of sp³-hybridized carbons (Fsp3) is 0.889. The van der Waals surface area contributed by atoms with Crippen LogP contribution in [0, 0.1) is 22.2 Å². The van der Waals surface area contributed by atoms with E-state index in [-0.39, 0.29) is 11.3 Å². The van der Waals surface area contributed by atoms with E-state index in [1.54, 1.807) is 0 Å². The van der Waals surface area contributed by atoms with Gasteiger partial charge in [0.05, 0.1) is 19.3 Å². The second-order valence-electron chi connectivity index (χ2n) is 7.68. The summed E-state index contributed by atoms with van der Waals surface area (Å²) in [5.74, 6) is -0.0295. The van der Waals surface area contributed by atoms with Crippen molar-refractivity contribution in [2.75, 3.05) is 39.4 Å². The van der Waals surface area contributed by atoms with Gasteiger partial charge in [-0.05, 0) is 32.1 Å². The van der Waals surface area contributed by atoms with Crippen LogP contribution in [-0.4, -0.2) is 50.2 Å². The van der Waals surface area contributed by atoms with Crippen molar-refractivity contribution in [3.05, 3.63) is 0 Å². The highest BCUT2D eigenvalue weighted by Crippen LogP contribution is 2.41. The lowest BCUT2D eigenvalue weighted by Crippen LogP contribution is -2.52. The summed E-state index contributed by atoms with van der Waals surface area (Å²) in [6, 6.07) is 2.26. The Morgan fingerprint density at radius 1 is 1.09 bits per heavy atom. The lowest BCUT2D eigenvalue weighted by Gasteiger charge is -2.43. The van der Waals surface area contributed by atoms with Crippen LogP contribution in [0.15, 0.2) is 0 Å². The molecule has 5 nitrogen and oxygen atoms in total. The summed E-state index contributed by atoms with van der Waals surface area (Å²) in [5.41, 5.74) is -0.541. The Balaban J connectivity index is 1.59. The maximum absolute atomic E-state index is 12.5. The molecular formula is C18H29N3O2. The summed E-state index contributed by atoms with van der Waals surface area (Å²) in [7, 11) is 0. The molecule has 0 radical (unpaired) electrons. The fourth-order valence-electron chi connectivity index (χ4n) is 4.28. The molecule has 1 heterocycles. The number of hydrogen-bond acceptors (Lipinski definition) is 4. The van der Waals surface area contributed by atoms with E-state index >= 15 is 0 Å². The van der Waals surface area contributed by atoms with Gasteiger partial charge in [-0.2, -0.15) is 5.26 Å².